The third kappa shape index (κ3) is 4.86. The summed E-state index contributed by atoms with van der Waals surface area (Å²) < 4.78 is 5.11. The van der Waals surface area contributed by atoms with E-state index >= 15 is 0 Å². The zero-order valence-corrected chi connectivity index (χ0v) is 18.5. The van der Waals surface area contributed by atoms with Gasteiger partial charge in [0.25, 0.3) is 0 Å². The Kier molecular flexibility index (Phi) is 6.66. The van der Waals surface area contributed by atoms with Crippen LogP contribution in [0.3, 0.4) is 0 Å². The van der Waals surface area contributed by atoms with Crippen LogP contribution in [0.15, 0.2) is 48.8 Å². The average Bonchev–Trinajstić information content (AvgIpc) is 2.83. The van der Waals surface area contributed by atoms with E-state index in [0.29, 0.717) is 44.0 Å². The lowest BCUT2D eigenvalue weighted by Gasteiger charge is -2.31. The number of nitrogens with zero attached hydrogens (tertiary/aromatic N) is 4. The van der Waals surface area contributed by atoms with Crippen LogP contribution in [0.1, 0.15) is 18.4 Å². The third-order valence-corrected chi connectivity index (χ3v) is 5.76. The van der Waals surface area contributed by atoms with Gasteiger partial charge in [-0.25, -0.2) is 5.84 Å². The summed E-state index contributed by atoms with van der Waals surface area (Å²) in [6, 6.07) is 11.0. The predicted molar refractivity (Wildman–Crippen MR) is 129 cm³/mol. The first-order valence-electron chi connectivity index (χ1n) is 10.8. The van der Waals surface area contributed by atoms with Crippen LogP contribution in [-0.4, -0.2) is 46.7 Å². The fourth-order valence-electron chi connectivity index (χ4n) is 3.94. The second kappa shape index (κ2) is 9.80. The number of phenolic OH excluding ortho intramolecular Hbond substituents is 1. The van der Waals surface area contributed by atoms with Crippen LogP contribution in [0.5, 0.6) is 11.5 Å². The summed E-state index contributed by atoms with van der Waals surface area (Å²) in [7, 11) is 1.51. The standard InChI is InChI=1S/C23H29N7O3/c1-33-21-5-2-15(12-20(21)32)14-26-22-19-13-16(30(25)11-8-24)3-4-18(19)23(28-27-22)29-9-6-17(31)7-10-29/h2-5,8,11-13,17,31-32H,6-7,9-10,14,24-25H2,1H3,(H,26,27)/b11-8-. The minimum absolute atomic E-state index is 0.0741. The first-order chi connectivity index (χ1) is 16.0. The minimum Gasteiger partial charge on any atom is -0.504 e. The van der Waals surface area contributed by atoms with Crippen LogP contribution in [0.4, 0.5) is 17.3 Å². The Morgan fingerprint density at radius 1 is 1.18 bits per heavy atom. The second-order valence-corrected chi connectivity index (χ2v) is 7.93. The molecule has 0 spiro atoms. The summed E-state index contributed by atoms with van der Waals surface area (Å²) in [6.07, 6.45) is 4.05. The number of fused-ring (bicyclic) bond motifs is 1. The Labute approximate surface area is 192 Å². The molecule has 33 heavy (non-hydrogen) atoms. The highest BCUT2D eigenvalue weighted by Gasteiger charge is 2.22. The lowest BCUT2D eigenvalue weighted by Crippen LogP contribution is -2.36. The number of hydrogen-bond acceptors (Lipinski definition) is 10. The molecular formula is C23H29N7O3. The lowest BCUT2D eigenvalue weighted by molar-refractivity contribution is 0.145. The minimum atomic E-state index is -0.275. The molecule has 10 heteroatoms. The maximum atomic E-state index is 10.1. The average molecular weight is 452 g/mol. The molecule has 0 amide bonds. The molecule has 4 rings (SSSR count). The molecule has 0 radical (unpaired) electrons. The molecule has 0 saturated carbocycles. The molecule has 1 aromatic heterocycles. The van der Waals surface area contributed by atoms with Crippen molar-refractivity contribution in [2.24, 2.45) is 11.6 Å². The molecular weight excluding hydrogens is 422 g/mol. The molecule has 3 aromatic rings. The number of aromatic nitrogens is 2. The van der Waals surface area contributed by atoms with E-state index in [9.17, 15) is 10.2 Å². The number of nitrogens with one attached hydrogen (secondary N) is 1. The number of aliphatic hydroxyl groups is 1. The second-order valence-electron chi connectivity index (χ2n) is 7.93. The van der Waals surface area contributed by atoms with Gasteiger partial charge >= 0.3 is 0 Å². The van der Waals surface area contributed by atoms with Gasteiger partial charge in [0, 0.05) is 42.8 Å². The van der Waals surface area contributed by atoms with Crippen molar-refractivity contribution in [2.75, 3.05) is 35.4 Å². The monoisotopic (exact) mass is 451 g/mol. The predicted octanol–water partition coefficient (Wildman–Crippen LogP) is 2.03. The number of aromatic hydroxyl groups is 1. The van der Waals surface area contributed by atoms with Gasteiger partial charge in [-0.15, -0.1) is 10.2 Å². The summed E-state index contributed by atoms with van der Waals surface area (Å²) in [5.41, 5.74) is 7.09. The zero-order chi connectivity index (χ0) is 23.4. The molecule has 2 aromatic carbocycles. The highest BCUT2D eigenvalue weighted by atomic mass is 16.5. The molecule has 0 unspecified atom stereocenters. The Morgan fingerprint density at radius 2 is 1.97 bits per heavy atom. The number of nitrogens with two attached hydrogens (primary N) is 2. The van der Waals surface area contributed by atoms with E-state index in [-0.39, 0.29) is 11.9 Å². The highest BCUT2D eigenvalue weighted by Crippen LogP contribution is 2.33. The molecule has 10 nitrogen and oxygen atoms in total. The molecule has 0 bridgehead atoms. The van der Waals surface area contributed by atoms with Crippen molar-refractivity contribution in [1.29, 1.82) is 0 Å². The molecule has 1 saturated heterocycles. The molecule has 2 heterocycles. The van der Waals surface area contributed by atoms with E-state index in [2.05, 4.69) is 20.4 Å². The van der Waals surface area contributed by atoms with E-state index < -0.39 is 0 Å². The quantitative estimate of drug-likeness (QED) is 0.267. The van der Waals surface area contributed by atoms with Crippen LogP contribution < -0.4 is 31.5 Å². The van der Waals surface area contributed by atoms with Crippen molar-refractivity contribution >= 4 is 28.1 Å². The van der Waals surface area contributed by atoms with E-state index in [0.717, 1.165) is 27.8 Å². The summed E-state index contributed by atoms with van der Waals surface area (Å²) in [5.74, 6) is 7.94. The van der Waals surface area contributed by atoms with Gasteiger partial charge in [0.05, 0.1) is 18.9 Å². The van der Waals surface area contributed by atoms with Gasteiger partial charge in [0.15, 0.2) is 23.1 Å². The topological polar surface area (TPSA) is 146 Å². The molecule has 174 valence electrons. The van der Waals surface area contributed by atoms with Crippen molar-refractivity contribution in [1.82, 2.24) is 10.2 Å². The number of hydrogen-bond donors (Lipinski definition) is 5. The number of piperidine rings is 1. The number of anilines is 3. The zero-order valence-electron chi connectivity index (χ0n) is 18.5. The molecule has 0 atom stereocenters. The summed E-state index contributed by atoms with van der Waals surface area (Å²) in [6.45, 7) is 1.85. The summed E-state index contributed by atoms with van der Waals surface area (Å²) in [5, 5.41) is 35.4. The van der Waals surface area contributed by atoms with E-state index in [4.69, 9.17) is 16.3 Å². The smallest absolute Gasteiger partial charge is 0.160 e. The number of rotatable bonds is 7. The number of benzene rings is 2. The van der Waals surface area contributed by atoms with Gasteiger partial charge in [-0.1, -0.05) is 6.07 Å². The van der Waals surface area contributed by atoms with Gasteiger partial charge in [-0.05, 0) is 48.7 Å². The number of methoxy groups -OCH3 is 1. The number of ether oxygens (including phenoxy) is 1. The SMILES string of the molecule is COc1ccc(CNc2nnc(N3CCC(O)CC3)c3ccc(N(N)/C=C\N)cc23)cc1O. The normalized spacial score (nSPS) is 14.7. The fraction of sp³-hybridized carbons (Fsp3) is 0.304. The summed E-state index contributed by atoms with van der Waals surface area (Å²) >= 11 is 0. The maximum absolute atomic E-state index is 10.1. The lowest BCUT2D eigenvalue weighted by atomic mass is 10.1. The van der Waals surface area contributed by atoms with Crippen LogP contribution in [0, 0.1) is 0 Å². The maximum Gasteiger partial charge on any atom is 0.160 e. The van der Waals surface area contributed by atoms with Gasteiger partial charge < -0.3 is 30.9 Å². The van der Waals surface area contributed by atoms with Crippen LogP contribution in [0.2, 0.25) is 0 Å². The largest absolute Gasteiger partial charge is 0.504 e. The fourth-order valence-corrected chi connectivity index (χ4v) is 3.94. The van der Waals surface area contributed by atoms with Crippen molar-refractivity contribution < 1.29 is 14.9 Å². The number of phenols is 1. The van der Waals surface area contributed by atoms with E-state index in [1.165, 1.54) is 18.3 Å². The van der Waals surface area contributed by atoms with Crippen molar-refractivity contribution in [3.63, 3.8) is 0 Å². The number of aliphatic hydroxyl groups excluding tert-OH is 1. The van der Waals surface area contributed by atoms with Crippen LogP contribution >= 0.6 is 0 Å². The highest BCUT2D eigenvalue weighted by molar-refractivity contribution is 6.00. The Hall–Kier alpha value is -3.76. The van der Waals surface area contributed by atoms with E-state index in [1.54, 1.807) is 18.3 Å². The Morgan fingerprint density at radius 3 is 2.67 bits per heavy atom. The van der Waals surface area contributed by atoms with Gasteiger partial charge in [0.1, 0.15) is 0 Å². The van der Waals surface area contributed by atoms with E-state index in [1.807, 2.05) is 24.3 Å². The Bertz CT molecular complexity index is 1150. The van der Waals surface area contributed by atoms with Gasteiger partial charge in [-0.2, -0.15) is 0 Å². The molecule has 1 aliphatic heterocycles. The molecule has 7 N–H and O–H groups in total. The van der Waals surface area contributed by atoms with Crippen molar-refractivity contribution in [2.45, 2.75) is 25.5 Å². The summed E-state index contributed by atoms with van der Waals surface area (Å²) in [4.78, 5) is 2.15. The molecule has 1 fully saturated rings. The Balaban J connectivity index is 1.69. The first kappa shape index (κ1) is 22.4. The first-order valence-corrected chi connectivity index (χ1v) is 10.8. The molecule has 0 aliphatic carbocycles. The molecule has 1 aliphatic rings. The van der Waals surface area contributed by atoms with Gasteiger partial charge in [0.2, 0.25) is 0 Å². The van der Waals surface area contributed by atoms with Crippen molar-refractivity contribution in [3.05, 3.63) is 54.4 Å². The number of hydrazine groups is 1. The van der Waals surface area contributed by atoms with Crippen LogP contribution in [0.25, 0.3) is 10.8 Å². The van der Waals surface area contributed by atoms with Gasteiger partial charge in [-0.3, -0.25) is 5.01 Å². The third-order valence-electron chi connectivity index (χ3n) is 5.76. The van der Waals surface area contributed by atoms with Crippen LogP contribution in [-0.2, 0) is 6.54 Å². The van der Waals surface area contributed by atoms with Crippen molar-refractivity contribution in [3.8, 4) is 11.5 Å².